The monoisotopic (exact) mass is 291 g/mol. The molecule has 112 valence electrons. The summed E-state index contributed by atoms with van der Waals surface area (Å²) in [4.78, 5) is 11.6. The Hall–Kier alpha value is -0.620. The van der Waals surface area contributed by atoms with Gasteiger partial charge in [-0.15, -0.1) is 0 Å². The molecule has 1 aliphatic rings. The van der Waals surface area contributed by atoms with Crippen molar-refractivity contribution in [3.8, 4) is 0 Å². The number of rotatable bonds is 3. The van der Waals surface area contributed by atoms with Gasteiger partial charge in [0.15, 0.2) is 0 Å². The summed E-state index contributed by atoms with van der Waals surface area (Å²) in [6.07, 6.45) is 3.69. The van der Waals surface area contributed by atoms with Gasteiger partial charge in [0.25, 0.3) is 0 Å². The molecule has 0 saturated heterocycles. The third-order valence-electron chi connectivity index (χ3n) is 3.11. The highest BCUT2D eigenvalue weighted by Crippen LogP contribution is 2.29. The fourth-order valence-electron chi connectivity index (χ4n) is 2.30. The number of nitrogens with one attached hydrogen (secondary N) is 1. The van der Waals surface area contributed by atoms with Crippen molar-refractivity contribution in [1.29, 1.82) is 0 Å². The molecule has 6 heteroatoms. The molecule has 0 spiro atoms. The summed E-state index contributed by atoms with van der Waals surface area (Å²) >= 11 is 0. The highest BCUT2D eigenvalue weighted by molar-refractivity contribution is 7.84. The zero-order valence-electron chi connectivity index (χ0n) is 12.2. The third kappa shape index (κ3) is 6.38. The summed E-state index contributed by atoms with van der Waals surface area (Å²) in [6, 6.07) is 0.0282. The van der Waals surface area contributed by atoms with Crippen molar-refractivity contribution >= 4 is 16.9 Å². The lowest BCUT2D eigenvalue weighted by Gasteiger charge is -2.35. The van der Waals surface area contributed by atoms with E-state index in [1.54, 1.807) is 6.26 Å². The number of ether oxygens (including phenoxy) is 1. The number of carbonyl (C=O) groups is 1. The lowest BCUT2D eigenvalue weighted by atomic mass is 9.83. The van der Waals surface area contributed by atoms with Crippen LogP contribution < -0.4 is 5.32 Å². The lowest BCUT2D eigenvalue weighted by Crippen LogP contribution is -2.46. The molecule has 0 heterocycles. The zero-order chi connectivity index (χ0) is 14.7. The predicted molar refractivity (Wildman–Crippen MR) is 75.5 cm³/mol. The van der Waals surface area contributed by atoms with Gasteiger partial charge >= 0.3 is 6.09 Å². The molecule has 0 aromatic carbocycles. The van der Waals surface area contributed by atoms with Gasteiger partial charge in [0.1, 0.15) is 5.60 Å². The van der Waals surface area contributed by atoms with Crippen LogP contribution in [0.5, 0.6) is 0 Å². The van der Waals surface area contributed by atoms with Gasteiger partial charge in [0.05, 0.1) is 11.4 Å². The van der Waals surface area contributed by atoms with Crippen LogP contribution in [-0.4, -0.2) is 44.7 Å². The first-order chi connectivity index (χ1) is 8.60. The summed E-state index contributed by atoms with van der Waals surface area (Å²) < 4.78 is 16.4. The number of hydrogen-bond donors (Lipinski definition) is 2. The van der Waals surface area contributed by atoms with Gasteiger partial charge in [-0.25, -0.2) is 4.79 Å². The normalized spacial score (nSPS) is 29.6. The Balaban J connectivity index is 2.38. The van der Waals surface area contributed by atoms with Crippen LogP contribution in [0.25, 0.3) is 0 Å². The molecule has 0 aromatic heterocycles. The Labute approximate surface area is 117 Å². The van der Waals surface area contributed by atoms with Crippen molar-refractivity contribution in [1.82, 2.24) is 5.32 Å². The SMILES string of the molecule is CS(=O)CC1(O)CCC(NC(=O)OC(C)(C)C)CC1. The molecule has 5 nitrogen and oxygen atoms in total. The second-order valence-electron chi connectivity index (χ2n) is 6.36. The van der Waals surface area contributed by atoms with Crippen molar-refractivity contribution in [3.05, 3.63) is 0 Å². The van der Waals surface area contributed by atoms with Gasteiger partial charge in [0, 0.05) is 23.1 Å². The minimum Gasteiger partial charge on any atom is -0.444 e. The van der Waals surface area contributed by atoms with Gasteiger partial charge in [-0.2, -0.15) is 0 Å². The summed E-state index contributed by atoms with van der Waals surface area (Å²) in [6.45, 7) is 5.47. The van der Waals surface area contributed by atoms with E-state index in [4.69, 9.17) is 4.74 Å². The Kier molecular flexibility index (Phi) is 5.38. The first-order valence-electron chi connectivity index (χ1n) is 6.62. The Morgan fingerprint density at radius 3 is 2.37 bits per heavy atom. The van der Waals surface area contributed by atoms with E-state index in [1.165, 1.54) is 0 Å². The number of amides is 1. The van der Waals surface area contributed by atoms with Gasteiger partial charge in [-0.05, 0) is 46.5 Å². The molecule has 0 bridgehead atoms. The number of hydrogen-bond acceptors (Lipinski definition) is 4. The number of alkyl carbamates (subject to hydrolysis) is 1. The van der Waals surface area contributed by atoms with Crippen LogP contribution in [-0.2, 0) is 15.5 Å². The molecule has 1 amide bonds. The molecule has 0 aliphatic heterocycles. The van der Waals surface area contributed by atoms with Crippen LogP contribution in [0.15, 0.2) is 0 Å². The maximum Gasteiger partial charge on any atom is 0.407 e. The summed E-state index contributed by atoms with van der Waals surface area (Å²) in [7, 11) is -1.000. The molecule has 0 radical (unpaired) electrons. The molecule has 1 atom stereocenters. The number of aliphatic hydroxyl groups is 1. The van der Waals surface area contributed by atoms with E-state index < -0.39 is 28.1 Å². The second kappa shape index (κ2) is 6.22. The fraction of sp³-hybridized carbons (Fsp3) is 0.923. The molecule has 1 fully saturated rings. The lowest BCUT2D eigenvalue weighted by molar-refractivity contribution is 0.0126. The predicted octanol–water partition coefficient (Wildman–Crippen LogP) is 1.56. The molecule has 19 heavy (non-hydrogen) atoms. The van der Waals surface area contributed by atoms with E-state index in [-0.39, 0.29) is 6.04 Å². The minimum absolute atomic E-state index is 0.0282. The fourth-order valence-corrected chi connectivity index (χ4v) is 3.34. The van der Waals surface area contributed by atoms with Crippen molar-refractivity contribution < 1.29 is 18.8 Å². The van der Waals surface area contributed by atoms with Crippen LogP contribution in [0, 0.1) is 0 Å². The molecule has 1 unspecified atom stereocenters. The highest BCUT2D eigenvalue weighted by atomic mass is 32.2. The largest absolute Gasteiger partial charge is 0.444 e. The van der Waals surface area contributed by atoms with Gasteiger partial charge in [0.2, 0.25) is 0 Å². The van der Waals surface area contributed by atoms with E-state index in [0.717, 1.165) is 0 Å². The minimum atomic E-state index is -1.000. The molecule has 1 aliphatic carbocycles. The van der Waals surface area contributed by atoms with Crippen LogP contribution in [0.4, 0.5) is 4.79 Å². The molecule has 1 saturated carbocycles. The van der Waals surface area contributed by atoms with Crippen LogP contribution in [0.1, 0.15) is 46.5 Å². The van der Waals surface area contributed by atoms with Crippen LogP contribution >= 0.6 is 0 Å². The van der Waals surface area contributed by atoms with Crippen molar-refractivity contribution in [2.75, 3.05) is 12.0 Å². The van der Waals surface area contributed by atoms with Crippen LogP contribution in [0.3, 0.4) is 0 Å². The van der Waals surface area contributed by atoms with Crippen molar-refractivity contribution in [2.45, 2.75) is 63.7 Å². The van der Waals surface area contributed by atoms with Crippen LogP contribution in [0.2, 0.25) is 0 Å². The zero-order valence-corrected chi connectivity index (χ0v) is 13.0. The molecule has 2 N–H and O–H groups in total. The van der Waals surface area contributed by atoms with E-state index >= 15 is 0 Å². The Bertz CT molecular complexity index is 343. The van der Waals surface area contributed by atoms with E-state index in [9.17, 15) is 14.1 Å². The number of carbonyl (C=O) groups excluding carboxylic acids is 1. The standard InChI is InChI=1S/C13H25NO4S/c1-12(2,3)18-11(15)14-10-5-7-13(16,8-6-10)9-19(4)17/h10,16H,5-9H2,1-4H3,(H,14,15). The summed E-state index contributed by atoms with van der Waals surface area (Å²) in [5.41, 5.74) is -1.34. The van der Waals surface area contributed by atoms with E-state index in [2.05, 4.69) is 5.32 Å². The molecule has 0 aromatic rings. The molecule has 1 rings (SSSR count). The van der Waals surface area contributed by atoms with E-state index in [0.29, 0.717) is 31.4 Å². The maximum absolute atomic E-state index is 11.6. The summed E-state index contributed by atoms with van der Waals surface area (Å²) in [5.74, 6) is 0.312. The molecular weight excluding hydrogens is 266 g/mol. The molecular formula is C13H25NO4S. The Morgan fingerprint density at radius 2 is 1.95 bits per heavy atom. The van der Waals surface area contributed by atoms with E-state index in [1.807, 2.05) is 20.8 Å². The van der Waals surface area contributed by atoms with Crippen molar-refractivity contribution in [2.24, 2.45) is 0 Å². The van der Waals surface area contributed by atoms with Crippen molar-refractivity contribution in [3.63, 3.8) is 0 Å². The Morgan fingerprint density at radius 1 is 1.42 bits per heavy atom. The first kappa shape index (κ1) is 16.4. The van der Waals surface area contributed by atoms with Gasteiger partial charge in [-0.3, -0.25) is 4.21 Å². The van der Waals surface area contributed by atoms with Gasteiger partial charge < -0.3 is 15.2 Å². The smallest absolute Gasteiger partial charge is 0.407 e. The maximum atomic E-state index is 11.6. The topological polar surface area (TPSA) is 75.6 Å². The average Bonchev–Trinajstić information content (AvgIpc) is 2.17. The second-order valence-corrected chi connectivity index (χ2v) is 7.80. The third-order valence-corrected chi connectivity index (χ3v) is 4.05. The first-order valence-corrected chi connectivity index (χ1v) is 8.34. The summed E-state index contributed by atoms with van der Waals surface area (Å²) in [5, 5.41) is 13.1. The quantitative estimate of drug-likeness (QED) is 0.827. The highest BCUT2D eigenvalue weighted by Gasteiger charge is 2.35. The average molecular weight is 291 g/mol. The van der Waals surface area contributed by atoms with Gasteiger partial charge in [-0.1, -0.05) is 0 Å².